The Hall–Kier alpha value is -2.38. The molecular formula is C27H39N5O2. The first kappa shape index (κ1) is 23.4. The summed E-state index contributed by atoms with van der Waals surface area (Å²) >= 11 is 0. The normalized spacial score (nSPS) is 24.4. The van der Waals surface area contributed by atoms with Crippen molar-refractivity contribution < 1.29 is 9.32 Å². The fraction of sp³-hybridized carbons (Fsp3) is 0.630. The van der Waals surface area contributed by atoms with Crippen LogP contribution in [0.3, 0.4) is 0 Å². The molecule has 3 aliphatic heterocycles. The zero-order valence-corrected chi connectivity index (χ0v) is 20.3. The number of rotatable bonds is 7. The van der Waals surface area contributed by atoms with Gasteiger partial charge in [-0.3, -0.25) is 9.69 Å². The Morgan fingerprint density at radius 1 is 1.00 bits per heavy atom. The molecule has 0 bridgehead atoms. The van der Waals surface area contributed by atoms with Crippen molar-refractivity contribution in [3.8, 4) is 0 Å². The second kappa shape index (κ2) is 11.4. The van der Waals surface area contributed by atoms with Gasteiger partial charge in [0.25, 0.3) is 0 Å². The van der Waals surface area contributed by atoms with Crippen molar-refractivity contribution >= 4 is 11.6 Å². The Kier molecular flexibility index (Phi) is 7.81. The highest BCUT2D eigenvalue weighted by Crippen LogP contribution is 2.28. The molecule has 0 spiro atoms. The smallest absolute Gasteiger partial charge is 0.222 e. The first-order valence-corrected chi connectivity index (χ1v) is 13.2. The van der Waals surface area contributed by atoms with E-state index in [4.69, 9.17) is 4.52 Å². The van der Waals surface area contributed by atoms with E-state index in [1.54, 1.807) is 0 Å². The van der Waals surface area contributed by atoms with E-state index >= 15 is 0 Å². The van der Waals surface area contributed by atoms with Gasteiger partial charge in [-0.15, -0.1) is 0 Å². The highest BCUT2D eigenvalue weighted by Gasteiger charge is 2.31. The van der Waals surface area contributed by atoms with Crippen LogP contribution < -0.4 is 10.2 Å². The molecule has 34 heavy (non-hydrogen) atoms. The summed E-state index contributed by atoms with van der Waals surface area (Å²) in [7, 11) is 0. The molecular weight excluding hydrogens is 426 g/mol. The Labute approximate surface area is 203 Å². The third-order valence-corrected chi connectivity index (χ3v) is 7.86. The van der Waals surface area contributed by atoms with Gasteiger partial charge < -0.3 is 19.6 Å². The highest BCUT2D eigenvalue weighted by molar-refractivity contribution is 5.77. The monoisotopic (exact) mass is 465 g/mol. The maximum Gasteiger partial charge on any atom is 0.222 e. The molecule has 7 heteroatoms. The number of piperazine rings is 1. The van der Waals surface area contributed by atoms with Gasteiger partial charge in [-0.2, -0.15) is 0 Å². The Bertz CT molecular complexity index is 903. The lowest BCUT2D eigenvalue weighted by atomic mass is 9.81. The molecule has 1 aromatic carbocycles. The molecule has 2 aromatic rings. The summed E-state index contributed by atoms with van der Waals surface area (Å²) in [4.78, 5) is 20.1. The van der Waals surface area contributed by atoms with Crippen LogP contribution in [0, 0.1) is 11.8 Å². The van der Waals surface area contributed by atoms with Crippen LogP contribution in [0.25, 0.3) is 0 Å². The summed E-state index contributed by atoms with van der Waals surface area (Å²) < 4.78 is 5.68. The van der Waals surface area contributed by atoms with Gasteiger partial charge in [-0.25, -0.2) is 0 Å². The van der Waals surface area contributed by atoms with E-state index in [-0.39, 0.29) is 0 Å². The molecule has 3 fully saturated rings. The molecule has 1 aromatic heterocycles. The topological polar surface area (TPSA) is 64.9 Å². The molecule has 0 saturated carbocycles. The van der Waals surface area contributed by atoms with E-state index in [0.29, 0.717) is 24.2 Å². The summed E-state index contributed by atoms with van der Waals surface area (Å²) in [6.07, 6.45) is 6.50. The van der Waals surface area contributed by atoms with E-state index in [2.05, 4.69) is 55.5 Å². The minimum Gasteiger partial charge on any atom is -0.368 e. The summed E-state index contributed by atoms with van der Waals surface area (Å²) in [6, 6.07) is 12.7. The van der Waals surface area contributed by atoms with Crippen LogP contribution in [0.4, 0.5) is 5.69 Å². The molecule has 184 valence electrons. The molecule has 2 unspecified atom stereocenters. The number of hydrogen-bond donors (Lipinski definition) is 1. The van der Waals surface area contributed by atoms with Crippen molar-refractivity contribution in [1.29, 1.82) is 0 Å². The van der Waals surface area contributed by atoms with Gasteiger partial charge in [-0.05, 0) is 75.8 Å². The zero-order valence-electron chi connectivity index (χ0n) is 20.3. The number of anilines is 1. The summed E-state index contributed by atoms with van der Waals surface area (Å²) in [5.74, 6) is 2.12. The summed E-state index contributed by atoms with van der Waals surface area (Å²) in [5.41, 5.74) is 2.29. The van der Waals surface area contributed by atoms with E-state index in [9.17, 15) is 4.79 Å². The number of piperidine rings is 2. The van der Waals surface area contributed by atoms with Crippen LogP contribution in [0.2, 0.25) is 0 Å². The number of amides is 1. The first-order chi connectivity index (χ1) is 16.7. The Morgan fingerprint density at radius 2 is 1.79 bits per heavy atom. The van der Waals surface area contributed by atoms with E-state index < -0.39 is 0 Å². The third-order valence-electron chi connectivity index (χ3n) is 7.86. The average molecular weight is 466 g/mol. The zero-order chi connectivity index (χ0) is 23.2. The number of hydrogen-bond acceptors (Lipinski definition) is 6. The quantitative estimate of drug-likeness (QED) is 0.678. The van der Waals surface area contributed by atoms with Crippen molar-refractivity contribution in [2.75, 3.05) is 57.3 Å². The number of aromatic nitrogens is 1. The fourth-order valence-corrected chi connectivity index (χ4v) is 5.82. The van der Waals surface area contributed by atoms with Crippen LogP contribution in [-0.2, 0) is 17.8 Å². The predicted molar refractivity (Wildman–Crippen MR) is 134 cm³/mol. The third kappa shape index (κ3) is 5.99. The van der Waals surface area contributed by atoms with Gasteiger partial charge in [-0.1, -0.05) is 29.8 Å². The second-order valence-corrected chi connectivity index (χ2v) is 10.2. The van der Waals surface area contributed by atoms with Gasteiger partial charge in [0.2, 0.25) is 5.91 Å². The van der Waals surface area contributed by atoms with Crippen molar-refractivity contribution in [2.45, 2.75) is 45.1 Å². The lowest BCUT2D eigenvalue weighted by molar-refractivity contribution is -0.133. The molecule has 3 aliphatic rings. The summed E-state index contributed by atoms with van der Waals surface area (Å²) in [6.45, 7) is 8.57. The van der Waals surface area contributed by atoms with Crippen LogP contribution in [0.5, 0.6) is 0 Å². The minimum absolute atomic E-state index is 0.315. The molecule has 7 nitrogen and oxygen atoms in total. The van der Waals surface area contributed by atoms with Crippen molar-refractivity contribution in [3.63, 3.8) is 0 Å². The molecule has 4 heterocycles. The fourth-order valence-electron chi connectivity index (χ4n) is 5.82. The number of likely N-dealkylation sites (tertiary alicyclic amines) is 1. The summed E-state index contributed by atoms with van der Waals surface area (Å²) in [5, 5.41) is 7.92. The maximum atomic E-state index is 13.2. The SMILES string of the molecule is O=C(CC1CCNCC1Cc1cc(CN2CCCCC2)on1)N1CCN(c2ccccc2)CC1. The molecule has 2 atom stereocenters. The maximum absolute atomic E-state index is 13.2. The largest absolute Gasteiger partial charge is 0.368 e. The van der Waals surface area contributed by atoms with E-state index in [1.165, 1.54) is 24.9 Å². The average Bonchev–Trinajstić information content (AvgIpc) is 3.33. The second-order valence-electron chi connectivity index (χ2n) is 10.2. The number of benzene rings is 1. The van der Waals surface area contributed by atoms with Gasteiger partial charge in [0, 0.05) is 44.4 Å². The molecule has 0 radical (unpaired) electrons. The van der Waals surface area contributed by atoms with Crippen LogP contribution in [0.1, 0.15) is 43.6 Å². The van der Waals surface area contributed by atoms with Crippen LogP contribution in [-0.4, -0.2) is 73.2 Å². The van der Waals surface area contributed by atoms with E-state index in [0.717, 1.165) is 83.2 Å². The minimum atomic E-state index is 0.315. The molecule has 5 rings (SSSR count). The van der Waals surface area contributed by atoms with Gasteiger partial charge >= 0.3 is 0 Å². The molecule has 0 aliphatic carbocycles. The number of para-hydroxylation sites is 1. The predicted octanol–water partition coefficient (Wildman–Crippen LogP) is 3.17. The van der Waals surface area contributed by atoms with Crippen LogP contribution >= 0.6 is 0 Å². The standard InChI is InChI=1S/C27H39N5O2/c33-27(32-15-13-31(14-16-32)25-7-3-1-4-8-25)18-22-9-10-28-20-23(22)17-24-19-26(34-29-24)21-30-11-5-2-6-12-30/h1,3-4,7-8,19,22-23,28H,2,5-6,9-18,20-21H2. The lowest BCUT2D eigenvalue weighted by Gasteiger charge is -2.38. The molecule has 3 saturated heterocycles. The highest BCUT2D eigenvalue weighted by atomic mass is 16.5. The Balaban J connectivity index is 1.12. The van der Waals surface area contributed by atoms with Crippen molar-refractivity contribution in [2.24, 2.45) is 11.8 Å². The number of carbonyl (C=O) groups is 1. The number of nitrogens with one attached hydrogen (secondary N) is 1. The van der Waals surface area contributed by atoms with Gasteiger partial charge in [0.15, 0.2) is 5.76 Å². The van der Waals surface area contributed by atoms with Crippen LogP contribution in [0.15, 0.2) is 40.9 Å². The molecule has 1 amide bonds. The van der Waals surface area contributed by atoms with E-state index in [1.807, 2.05) is 6.07 Å². The number of nitrogens with zero attached hydrogens (tertiary/aromatic N) is 4. The molecule has 1 N–H and O–H groups in total. The Morgan fingerprint density at radius 3 is 2.59 bits per heavy atom. The van der Waals surface area contributed by atoms with Gasteiger partial charge in [0.1, 0.15) is 0 Å². The lowest BCUT2D eigenvalue weighted by Crippen LogP contribution is -2.50. The van der Waals surface area contributed by atoms with Crippen molar-refractivity contribution in [1.82, 2.24) is 20.3 Å². The number of carbonyl (C=O) groups excluding carboxylic acids is 1. The first-order valence-electron chi connectivity index (χ1n) is 13.2. The van der Waals surface area contributed by atoms with Gasteiger partial charge in [0.05, 0.1) is 12.2 Å². The van der Waals surface area contributed by atoms with Crippen molar-refractivity contribution in [3.05, 3.63) is 47.9 Å².